The summed E-state index contributed by atoms with van der Waals surface area (Å²) in [5.41, 5.74) is 0. The molecule has 0 aromatic carbocycles. The fourth-order valence-corrected chi connectivity index (χ4v) is 0.433. The number of hydrogen-bond acceptors (Lipinski definition) is 3. The third kappa shape index (κ3) is 5.25. The Kier molecular flexibility index (Phi) is 3.98. The standard InChI is InChI=1S/C3H7NO4S/c1-2-8-3(5)4-9(6)7/h2H2,1H3,(H,4,5)(H,6,7). The zero-order chi connectivity index (χ0) is 7.28. The van der Waals surface area contributed by atoms with Crippen molar-refractivity contribution in [1.82, 2.24) is 4.72 Å². The van der Waals surface area contributed by atoms with Gasteiger partial charge in [-0.3, -0.25) is 4.55 Å². The maximum atomic E-state index is 10.2. The summed E-state index contributed by atoms with van der Waals surface area (Å²) in [5.74, 6) is 0. The van der Waals surface area contributed by atoms with Crippen molar-refractivity contribution in [2.75, 3.05) is 6.61 Å². The molecule has 0 aliphatic heterocycles. The molecular weight excluding hydrogens is 146 g/mol. The van der Waals surface area contributed by atoms with Gasteiger partial charge in [-0.05, 0) is 6.92 Å². The van der Waals surface area contributed by atoms with E-state index in [1.807, 2.05) is 0 Å². The minimum Gasteiger partial charge on any atom is -0.449 e. The molecule has 0 spiro atoms. The molecule has 0 fully saturated rings. The van der Waals surface area contributed by atoms with Crippen LogP contribution in [0.25, 0.3) is 0 Å². The summed E-state index contributed by atoms with van der Waals surface area (Å²) in [6, 6.07) is 0. The summed E-state index contributed by atoms with van der Waals surface area (Å²) in [7, 11) is 0. The quantitative estimate of drug-likeness (QED) is 0.542. The maximum absolute atomic E-state index is 10.2. The van der Waals surface area contributed by atoms with Crippen molar-refractivity contribution >= 4 is 17.4 Å². The molecule has 0 saturated carbocycles. The maximum Gasteiger partial charge on any atom is 0.420 e. The van der Waals surface area contributed by atoms with Crippen LogP contribution >= 0.6 is 0 Å². The lowest BCUT2D eigenvalue weighted by molar-refractivity contribution is 0.158. The first-order chi connectivity index (χ1) is 4.16. The van der Waals surface area contributed by atoms with Crippen LogP contribution in [0.5, 0.6) is 0 Å². The highest BCUT2D eigenvalue weighted by Crippen LogP contribution is 1.75. The van der Waals surface area contributed by atoms with Gasteiger partial charge in [0.25, 0.3) is 11.3 Å². The number of hydrogen-bond donors (Lipinski definition) is 2. The molecule has 54 valence electrons. The zero-order valence-corrected chi connectivity index (χ0v) is 5.60. The number of amides is 1. The van der Waals surface area contributed by atoms with Crippen molar-refractivity contribution in [3.8, 4) is 0 Å². The molecule has 1 atom stereocenters. The Balaban J connectivity index is 3.39. The predicted octanol–water partition coefficient (Wildman–Crippen LogP) is -0.131. The lowest BCUT2D eigenvalue weighted by Crippen LogP contribution is -2.25. The number of carbonyl (C=O) groups is 1. The zero-order valence-electron chi connectivity index (χ0n) is 4.79. The van der Waals surface area contributed by atoms with Crippen molar-refractivity contribution in [2.24, 2.45) is 0 Å². The molecule has 0 rings (SSSR count). The minimum atomic E-state index is -2.32. The van der Waals surface area contributed by atoms with Crippen LogP contribution in [-0.2, 0) is 16.0 Å². The van der Waals surface area contributed by atoms with E-state index in [9.17, 15) is 9.00 Å². The Bertz CT molecular complexity index is 125. The Hall–Kier alpha value is -0.620. The summed E-state index contributed by atoms with van der Waals surface area (Å²) in [5, 5.41) is 0. The second-order valence-electron chi connectivity index (χ2n) is 1.07. The summed E-state index contributed by atoms with van der Waals surface area (Å²) < 4.78 is 23.7. The van der Waals surface area contributed by atoms with Gasteiger partial charge in [-0.15, -0.1) is 0 Å². The molecular formula is C3H7NO4S. The van der Waals surface area contributed by atoms with E-state index < -0.39 is 17.4 Å². The van der Waals surface area contributed by atoms with E-state index in [2.05, 4.69) is 4.74 Å². The molecule has 0 radical (unpaired) electrons. The van der Waals surface area contributed by atoms with Crippen LogP contribution < -0.4 is 4.72 Å². The molecule has 0 aliphatic carbocycles. The van der Waals surface area contributed by atoms with Crippen molar-refractivity contribution in [3.05, 3.63) is 0 Å². The first kappa shape index (κ1) is 8.38. The second kappa shape index (κ2) is 4.28. The van der Waals surface area contributed by atoms with Crippen LogP contribution in [0.2, 0.25) is 0 Å². The first-order valence-electron chi connectivity index (χ1n) is 2.21. The van der Waals surface area contributed by atoms with E-state index in [1.165, 1.54) is 0 Å². The number of rotatable bonds is 2. The fraction of sp³-hybridized carbons (Fsp3) is 0.667. The van der Waals surface area contributed by atoms with E-state index in [0.717, 1.165) is 0 Å². The highest BCUT2D eigenvalue weighted by Gasteiger charge is 2.00. The van der Waals surface area contributed by atoms with Gasteiger partial charge in [-0.1, -0.05) is 0 Å². The van der Waals surface area contributed by atoms with Crippen LogP contribution in [-0.4, -0.2) is 21.5 Å². The summed E-state index contributed by atoms with van der Waals surface area (Å²) >= 11 is -2.32. The van der Waals surface area contributed by atoms with E-state index in [0.29, 0.717) is 0 Å². The van der Waals surface area contributed by atoms with Crippen LogP contribution in [0.15, 0.2) is 0 Å². The van der Waals surface area contributed by atoms with Crippen LogP contribution in [0.3, 0.4) is 0 Å². The molecule has 0 saturated heterocycles. The SMILES string of the molecule is CCOC(=O)NS(=O)O. The summed E-state index contributed by atoms with van der Waals surface area (Å²) in [6.45, 7) is 1.78. The third-order valence-corrected chi connectivity index (χ3v) is 0.787. The summed E-state index contributed by atoms with van der Waals surface area (Å²) in [6.07, 6.45) is -0.890. The molecule has 1 unspecified atom stereocenters. The number of ether oxygens (including phenoxy) is 1. The smallest absolute Gasteiger partial charge is 0.420 e. The van der Waals surface area contributed by atoms with Crippen LogP contribution in [0, 0.1) is 0 Å². The molecule has 5 nitrogen and oxygen atoms in total. The molecule has 9 heavy (non-hydrogen) atoms. The van der Waals surface area contributed by atoms with Crippen molar-refractivity contribution in [2.45, 2.75) is 6.92 Å². The Morgan fingerprint density at radius 2 is 2.44 bits per heavy atom. The van der Waals surface area contributed by atoms with Gasteiger partial charge in [0.1, 0.15) is 0 Å². The largest absolute Gasteiger partial charge is 0.449 e. The third-order valence-electron chi connectivity index (χ3n) is 0.446. The Morgan fingerprint density at radius 1 is 1.89 bits per heavy atom. The minimum absolute atomic E-state index is 0.184. The van der Waals surface area contributed by atoms with E-state index >= 15 is 0 Å². The van der Waals surface area contributed by atoms with E-state index in [1.54, 1.807) is 11.6 Å². The van der Waals surface area contributed by atoms with Gasteiger partial charge in [0.15, 0.2) is 0 Å². The normalized spacial score (nSPS) is 12.2. The van der Waals surface area contributed by atoms with Gasteiger partial charge in [0.05, 0.1) is 6.61 Å². The van der Waals surface area contributed by atoms with Crippen molar-refractivity contribution < 1.29 is 18.3 Å². The predicted molar refractivity (Wildman–Crippen MR) is 30.9 cm³/mol. The van der Waals surface area contributed by atoms with Gasteiger partial charge in [-0.25, -0.2) is 13.7 Å². The average Bonchev–Trinajstić information content (AvgIpc) is 1.63. The van der Waals surface area contributed by atoms with E-state index in [4.69, 9.17) is 4.55 Å². The Labute approximate surface area is 54.8 Å². The topological polar surface area (TPSA) is 75.6 Å². The summed E-state index contributed by atoms with van der Waals surface area (Å²) in [4.78, 5) is 10.2. The lowest BCUT2D eigenvalue weighted by atomic mass is 10.9. The first-order valence-corrected chi connectivity index (χ1v) is 3.31. The van der Waals surface area contributed by atoms with Gasteiger partial charge in [0, 0.05) is 0 Å². The Morgan fingerprint density at radius 3 is 2.78 bits per heavy atom. The monoisotopic (exact) mass is 153 g/mol. The van der Waals surface area contributed by atoms with Crippen molar-refractivity contribution in [3.63, 3.8) is 0 Å². The van der Waals surface area contributed by atoms with Crippen LogP contribution in [0.1, 0.15) is 6.92 Å². The molecule has 0 aromatic heterocycles. The second-order valence-corrected chi connectivity index (χ2v) is 1.77. The fourth-order valence-electron chi connectivity index (χ4n) is 0.232. The number of carbonyl (C=O) groups excluding carboxylic acids is 1. The highest BCUT2D eigenvalue weighted by molar-refractivity contribution is 7.77. The van der Waals surface area contributed by atoms with Crippen molar-refractivity contribution in [1.29, 1.82) is 0 Å². The van der Waals surface area contributed by atoms with E-state index in [-0.39, 0.29) is 6.61 Å². The molecule has 6 heteroatoms. The van der Waals surface area contributed by atoms with Gasteiger partial charge >= 0.3 is 6.09 Å². The molecule has 0 heterocycles. The molecule has 0 aliphatic rings. The highest BCUT2D eigenvalue weighted by atomic mass is 32.2. The van der Waals surface area contributed by atoms with Crippen LogP contribution in [0.4, 0.5) is 4.79 Å². The van der Waals surface area contributed by atoms with Gasteiger partial charge in [-0.2, -0.15) is 0 Å². The van der Waals surface area contributed by atoms with Gasteiger partial charge < -0.3 is 4.74 Å². The molecule has 2 N–H and O–H groups in total. The lowest BCUT2D eigenvalue weighted by Gasteiger charge is -1.97. The molecule has 1 amide bonds. The average molecular weight is 153 g/mol. The molecule has 0 bridgehead atoms. The van der Waals surface area contributed by atoms with Gasteiger partial charge in [0.2, 0.25) is 0 Å². The molecule has 0 aromatic rings. The number of nitrogens with one attached hydrogen (secondary N) is 1.